The van der Waals surface area contributed by atoms with Crippen molar-refractivity contribution in [2.75, 3.05) is 12.4 Å². The van der Waals surface area contributed by atoms with E-state index in [9.17, 15) is 9.59 Å². The highest BCUT2D eigenvalue weighted by molar-refractivity contribution is 6.34. The van der Waals surface area contributed by atoms with Gasteiger partial charge < -0.3 is 10.1 Å². The molecule has 0 saturated heterocycles. The summed E-state index contributed by atoms with van der Waals surface area (Å²) >= 11 is 6.24. The lowest BCUT2D eigenvalue weighted by molar-refractivity contribution is 0.102. The molecule has 32 heavy (non-hydrogen) atoms. The molecule has 0 aliphatic carbocycles. The maximum atomic E-state index is 13.3. The molecule has 0 fully saturated rings. The second kappa shape index (κ2) is 9.08. The van der Waals surface area contributed by atoms with Crippen LogP contribution in [0.1, 0.15) is 16.1 Å². The van der Waals surface area contributed by atoms with E-state index in [0.717, 1.165) is 0 Å². The normalized spacial score (nSPS) is 10.6. The number of ether oxygens (including phenoxy) is 1. The predicted molar refractivity (Wildman–Crippen MR) is 126 cm³/mol. The van der Waals surface area contributed by atoms with Crippen molar-refractivity contribution in [3.63, 3.8) is 0 Å². The molecule has 3 aromatic carbocycles. The van der Waals surface area contributed by atoms with Crippen molar-refractivity contribution in [3.8, 4) is 22.6 Å². The van der Waals surface area contributed by atoms with Crippen molar-refractivity contribution in [3.05, 3.63) is 105 Å². The summed E-state index contributed by atoms with van der Waals surface area (Å²) in [5.74, 6) is 0.269. The van der Waals surface area contributed by atoms with Gasteiger partial charge in [-0.25, -0.2) is 4.68 Å². The predicted octanol–water partition coefficient (Wildman–Crippen LogP) is 5.12. The van der Waals surface area contributed by atoms with Gasteiger partial charge in [0.05, 0.1) is 28.9 Å². The summed E-state index contributed by atoms with van der Waals surface area (Å²) in [5, 5.41) is 7.65. The fourth-order valence-corrected chi connectivity index (χ4v) is 3.65. The van der Waals surface area contributed by atoms with Gasteiger partial charge in [-0.1, -0.05) is 60.1 Å². The van der Waals surface area contributed by atoms with Gasteiger partial charge in [0.15, 0.2) is 0 Å². The zero-order valence-electron chi connectivity index (χ0n) is 17.5. The number of aryl methyl sites for hydroxylation is 1. The molecule has 7 heteroatoms. The van der Waals surface area contributed by atoms with E-state index < -0.39 is 5.91 Å². The Kier molecular flexibility index (Phi) is 6.05. The largest absolute Gasteiger partial charge is 0.496 e. The zero-order valence-corrected chi connectivity index (χ0v) is 18.3. The van der Waals surface area contributed by atoms with Crippen molar-refractivity contribution < 1.29 is 9.53 Å². The minimum absolute atomic E-state index is 0.223. The van der Waals surface area contributed by atoms with E-state index in [4.69, 9.17) is 16.3 Å². The fourth-order valence-electron chi connectivity index (χ4n) is 3.43. The van der Waals surface area contributed by atoms with Crippen LogP contribution in [0.3, 0.4) is 0 Å². The van der Waals surface area contributed by atoms with Crippen LogP contribution in [0.25, 0.3) is 16.8 Å². The topological polar surface area (TPSA) is 73.2 Å². The third-order valence-electron chi connectivity index (χ3n) is 4.98. The van der Waals surface area contributed by atoms with E-state index in [1.165, 1.54) is 7.11 Å². The van der Waals surface area contributed by atoms with Crippen LogP contribution in [-0.2, 0) is 0 Å². The monoisotopic (exact) mass is 445 g/mol. The van der Waals surface area contributed by atoms with Gasteiger partial charge >= 0.3 is 0 Å². The molecule has 0 radical (unpaired) electrons. The lowest BCUT2D eigenvalue weighted by atomic mass is 10.0. The van der Waals surface area contributed by atoms with E-state index in [2.05, 4.69) is 10.4 Å². The van der Waals surface area contributed by atoms with Crippen molar-refractivity contribution in [2.45, 2.75) is 6.92 Å². The fraction of sp³-hybridized carbons (Fsp3) is 0.0800. The number of hydrogen-bond acceptors (Lipinski definition) is 4. The van der Waals surface area contributed by atoms with Crippen LogP contribution in [0.15, 0.2) is 83.7 Å². The first-order valence-electron chi connectivity index (χ1n) is 9.90. The summed E-state index contributed by atoms with van der Waals surface area (Å²) < 4.78 is 7.05. The van der Waals surface area contributed by atoms with Gasteiger partial charge in [-0.2, -0.15) is 5.10 Å². The highest BCUT2D eigenvalue weighted by Gasteiger charge is 2.23. The molecule has 160 valence electrons. The molecule has 0 unspecified atom stereocenters. The van der Waals surface area contributed by atoms with Gasteiger partial charge in [0.2, 0.25) is 5.43 Å². The highest BCUT2D eigenvalue weighted by atomic mass is 35.5. The van der Waals surface area contributed by atoms with Gasteiger partial charge in [0.1, 0.15) is 17.3 Å². The maximum Gasteiger partial charge on any atom is 0.258 e. The minimum atomic E-state index is -0.457. The number of para-hydroxylation sites is 2. The Balaban J connectivity index is 2.01. The Morgan fingerprint density at radius 2 is 1.62 bits per heavy atom. The van der Waals surface area contributed by atoms with Crippen LogP contribution in [-0.4, -0.2) is 22.8 Å². The van der Waals surface area contributed by atoms with E-state index >= 15 is 0 Å². The van der Waals surface area contributed by atoms with Gasteiger partial charge in [-0.15, -0.1) is 0 Å². The quantitative estimate of drug-likeness (QED) is 0.462. The second-order valence-electron chi connectivity index (χ2n) is 7.02. The number of methoxy groups -OCH3 is 1. The molecule has 1 N–H and O–H groups in total. The Morgan fingerprint density at radius 1 is 0.969 bits per heavy atom. The average Bonchev–Trinajstić information content (AvgIpc) is 2.82. The first-order chi connectivity index (χ1) is 15.5. The third kappa shape index (κ3) is 4.00. The van der Waals surface area contributed by atoms with Crippen molar-refractivity contribution in [1.29, 1.82) is 0 Å². The van der Waals surface area contributed by atoms with E-state index in [1.54, 1.807) is 54.1 Å². The molecule has 0 spiro atoms. The summed E-state index contributed by atoms with van der Waals surface area (Å²) in [7, 11) is 1.53. The van der Waals surface area contributed by atoms with Gasteiger partial charge in [0.25, 0.3) is 5.91 Å². The standard InChI is InChI=1S/C25H20ClN3O3/c1-16-23(30)22(19-13-7-9-15-21(19)32-2)24(29(28-16)17-10-4-3-5-11-17)27-25(31)18-12-6-8-14-20(18)26/h3-15H,1-2H3,(H,27,31). The Hall–Kier alpha value is -3.90. The number of hydrogen-bond donors (Lipinski definition) is 1. The lowest BCUT2D eigenvalue weighted by Crippen LogP contribution is -2.25. The summed E-state index contributed by atoms with van der Waals surface area (Å²) in [6.07, 6.45) is 0. The highest BCUT2D eigenvalue weighted by Crippen LogP contribution is 2.34. The van der Waals surface area contributed by atoms with Gasteiger partial charge in [0, 0.05) is 5.56 Å². The molecule has 1 amide bonds. The Labute approximate surface area is 190 Å². The van der Waals surface area contributed by atoms with Crippen molar-refractivity contribution >= 4 is 23.3 Å². The van der Waals surface area contributed by atoms with Crippen LogP contribution < -0.4 is 15.5 Å². The molecule has 6 nitrogen and oxygen atoms in total. The maximum absolute atomic E-state index is 13.3. The number of carbonyl (C=O) groups excluding carboxylic acids is 1. The summed E-state index contributed by atoms with van der Waals surface area (Å²) in [6, 6.07) is 23.1. The number of halogens is 1. The van der Waals surface area contributed by atoms with Crippen molar-refractivity contribution in [2.24, 2.45) is 0 Å². The first-order valence-corrected chi connectivity index (χ1v) is 10.3. The number of carbonyl (C=O) groups is 1. The van der Waals surface area contributed by atoms with Gasteiger partial charge in [-0.3, -0.25) is 9.59 Å². The van der Waals surface area contributed by atoms with Crippen LogP contribution >= 0.6 is 11.6 Å². The molecule has 4 rings (SSSR count). The molecule has 0 saturated carbocycles. The molecule has 0 atom stereocenters. The lowest BCUT2D eigenvalue weighted by Gasteiger charge is -2.19. The van der Waals surface area contributed by atoms with E-state index in [-0.39, 0.29) is 28.1 Å². The second-order valence-corrected chi connectivity index (χ2v) is 7.43. The molecule has 0 aliphatic heterocycles. The van der Waals surface area contributed by atoms with Crippen LogP contribution in [0.4, 0.5) is 5.82 Å². The third-order valence-corrected chi connectivity index (χ3v) is 5.31. The van der Waals surface area contributed by atoms with Crippen molar-refractivity contribution in [1.82, 2.24) is 9.78 Å². The number of amides is 1. The molecule has 4 aromatic rings. The number of nitrogens with one attached hydrogen (secondary N) is 1. The number of nitrogens with zero attached hydrogens (tertiary/aromatic N) is 2. The van der Waals surface area contributed by atoms with Crippen LogP contribution in [0.5, 0.6) is 5.75 Å². The summed E-state index contributed by atoms with van der Waals surface area (Å²) in [6.45, 7) is 1.64. The van der Waals surface area contributed by atoms with Gasteiger partial charge in [-0.05, 0) is 37.3 Å². The molecule has 0 bridgehead atoms. The summed E-state index contributed by atoms with van der Waals surface area (Å²) in [5.41, 5.74) is 1.76. The number of rotatable bonds is 5. The van der Waals surface area contributed by atoms with E-state index in [0.29, 0.717) is 22.0 Å². The molecular weight excluding hydrogens is 426 g/mol. The zero-order chi connectivity index (χ0) is 22.7. The smallest absolute Gasteiger partial charge is 0.258 e. The molecule has 1 heterocycles. The summed E-state index contributed by atoms with van der Waals surface area (Å²) in [4.78, 5) is 26.5. The molecule has 0 aliphatic rings. The average molecular weight is 446 g/mol. The Bertz CT molecular complexity index is 1350. The molecular formula is C25H20ClN3O3. The number of benzene rings is 3. The van der Waals surface area contributed by atoms with E-state index in [1.807, 2.05) is 36.4 Å². The minimum Gasteiger partial charge on any atom is -0.496 e. The number of aromatic nitrogens is 2. The Morgan fingerprint density at radius 3 is 2.34 bits per heavy atom. The number of anilines is 1. The van der Waals surface area contributed by atoms with Crippen LogP contribution in [0, 0.1) is 6.92 Å². The SMILES string of the molecule is COc1ccccc1-c1c(NC(=O)c2ccccc2Cl)n(-c2ccccc2)nc(C)c1=O. The first kappa shape index (κ1) is 21.3. The van der Waals surface area contributed by atoms with Crippen LogP contribution in [0.2, 0.25) is 5.02 Å². The molecule has 1 aromatic heterocycles.